The van der Waals surface area contributed by atoms with Crippen molar-refractivity contribution >= 4 is 12.4 Å². The van der Waals surface area contributed by atoms with Gasteiger partial charge in [0, 0.05) is 31.9 Å². The maximum Gasteiger partial charge on any atom is 0.0543 e. The Balaban J connectivity index is 0.00000128. The highest BCUT2D eigenvalue weighted by Gasteiger charge is 2.17. The molecule has 3 nitrogen and oxygen atoms in total. The van der Waals surface area contributed by atoms with Crippen molar-refractivity contribution in [3.63, 3.8) is 0 Å². The first-order valence-electron chi connectivity index (χ1n) is 5.68. The van der Waals surface area contributed by atoms with Gasteiger partial charge in [0.25, 0.3) is 0 Å². The van der Waals surface area contributed by atoms with E-state index in [9.17, 15) is 0 Å². The molecule has 1 aliphatic heterocycles. The highest BCUT2D eigenvalue weighted by molar-refractivity contribution is 5.85. The van der Waals surface area contributed by atoms with Gasteiger partial charge in [-0.25, -0.2) is 0 Å². The Morgan fingerprint density at radius 2 is 2.12 bits per heavy atom. The van der Waals surface area contributed by atoms with Crippen LogP contribution in [0, 0.1) is 0 Å². The molecule has 1 fully saturated rings. The molecule has 1 aromatic heterocycles. The summed E-state index contributed by atoms with van der Waals surface area (Å²) in [5.74, 6) is 0. The van der Waals surface area contributed by atoms with Gasteiger partial charge < -0.3 is 5.32 Å². The number of nitrogens with one attached hydrogen (secondary N) is 1. The summed E-state index contributed by atoms with van der Waals surface area (Å²) >= 11 is 0. The van der Waals surface area contributed by atoms with Crippen molar-refractivity contribution in [2.45, 2.75) is 25.4 Å². The zero-order valence-electron chi connectivity index (χ0n) is 9.72. The third kappa shape index (κ3) is 3.74. The first-order chi connectivity index (χ1) is 7.38. The summed E-state index contributed by atoms with van der Waals surface area (Å²) in [5.41, 5.74) is 1.18. The monoisotopic (exact) mass is 241 g/mol. The third-order valence-electron chi connectivity index (χ3n) is 3.11. The second kappa shape index (κ2) is 6.84. The number of nitrogens with zero attached hydrogens (tertiary/aromatic N) is 2. The maximum absolute atomic E-state index is 4.35. The fourth-order valence-electron chi connectivity index (χ4n) is 2.10. The summed E-state index contributed by atoms with van der Waals surface area (Å²) in [6.45, 7) is 3.36. The highest BCUT2D eigenvalue weighted by Crippen LogP contribution is 2.12. The van der Waals surface area contributed by atoms with Crippen molar-refractivity contribution in [3.05, 3.63) is 30.1 Å². The van der Waals surface area contributed by atoms with Crippen molar-refractivity contribution in [1.29, 1.82) is 0 Å². The normalized spacial score (nSPS) is 18.1. The molecule has 0 spiro atoms. The van der Waals surface area contributed by atoms with Gasteiger partial charge in [0.2, 0.25) is 0 Å². The zero-order valence-corrected chi connectivity index (χ0v) is 10.5. The molecule has 0 unspecified atom stereocenters. The van der Waals surface area contributed by atoms with Gasteiger partial charge in [0.15, 0.2) is 0 Å². The van der Waals surface area contributed by atoms with Crippen molar-refractivity contribution in [2.75, 3.05) is 20.1 Å². The average molecular weight is 242 g/mol. The van der Waals surface area contributed by atoms with Crippen LogP contribution in [0.5, 0.6) is 0 Å². The zero-order chi connectivity index (χ0) is 10.5. The standard InChI is InChI=1S/C12H19N3.ClH/c1-13-11-5-8-15(9-6-11)10-12-4-2-3-7-14-12;/h2-4,7,11,13H,5-6,8-10H2,1H3;1H. The molecule has 1 aromatic rings. The topological polar surface area (TPSA) is 28.2 Å². The van der Waals surface area contributed by atoms with Crippen LogP contribution in [0.15, 0.2) is 24.4 Å². The van der Waals surface area contributed by atoms with E-state index in [0.717, 1.165) is 6.54 Å². The molecule has 2 heterocycles. The van der Waals surface area contributed by atoms with E-state index in [-0.39, 0.29) is 12.4 Å². The minimum absolute atomic E-state index is 0. The summed E-state index contributed by atoms with van der Waals surface area (Å²) in [4.78, 5) is 6.84. The Hall–Kier alpha value is -0.640. The predicted molar refractivity (Wildman–Crippen MR) is 68.8 cm³/mol. The van der Waals surface area contributed by atoms with Crippen LogP contribution in [0.3, 0.4) is 0 Å². The van der Waals surface area contributed by atoms with E-state index in [2.05, 4.69) is 34.4 Å². The quantitative estimate of drug-likeness (QED) is 0.873. The van der Waals surface area contributed by atoms with E-state index in [1.807, 2.05) is 12.3 Å². The fourth-order valence-corrected chi connectivity index (χ4v) is 2.10. The molecule has 1 aliphatic rings. The van der Waals surface area contributed by atoms with Crippen molar-refractivity contribution in [2.24, 2.45) is 0 Å². The molecule has 0 aliphatic carbocycles. The van der Waals surface area contributed by atoms with Crippen LogP contribution in [0.2, 0.25) is 0 Å². The molecule has 0 saturated carbocycles. The lowest BCUT2D eigenvalue weighted by Gasteiger charge is -2.31. The second-order valence-corrected chi connectivity index (χ2v) is 4.16. The number of aromatic nitrogens is 1. The van der Waals surface area contributed by atoms with E-state index in [1.165, 1.54) is 31.6 Å². The summed E-state index contributed by atoms with van der Waals surface area (Å²) in [5, 5.41) is 3.35. The molecule has 0 aromatic carbocycles. The predicted octanol–water partition coefficient (Wildman–Crippen LogP) is 1.69. The molecule has 0 amide bonds. The number of pyridine rings is 1. The van der Waals surface area contributed by atoms with Gasteiger partial charge >= 0.3 is 0 Å². The number of piperidine rings is 1. The molecular weight excluding hydrogens is 222 g/mol. The molecule has 1 N–H and O–H groups in total. The maximum atomic E-state index is 4.35. The van der Waals surface area contributed by atoms with Gasteiger partial charge in [-0.05, 0) is 32.0 Å². The summed E-state index contributed by atoms with van der Waals surface area (Å²) < 4.78 is 0. The minimum Gasteiger partial charge on any atom is -0.317 e. The molecule has 0 bridgehead atoms. The lowest BCUT2D eigenvalue weighted by molar-refractivity contribution is 0.192. The van der Waals surface area contributed by atoms with Crippen LogP contribution < -0.4 is 5.32 Å². The second-order valence-electron chi connectivity index (χ2n) is 4.16. The smallest absolute Gasteiger partial charge is 0.0543 e. The van der Waals surface area contributed by atoms with Crippen LogP contribution in [-0.4, -0.2) is 36.1 Å². The Kier molecular flexibility index (Phi) is 5.74. The van der Waals surface area contributed by atoms with Crippen LogP contribution in [0.25, 0.3) is 0 Å². The third-order valence-corrected chi connectivity index (χ3v) is 3.11. The van der Waals surface area contributed by atoms with Crippen LogP contribution in [0.1, 0.15) is 18.5 Å². The molecule has 2 rings (SSSR count). The lowest BCUT2D eigenvalue weighted by atomic mass is 10.1. The number of halogens is 1. The number of likely N-dealkylation sites (tertiary alicyclic amines) is 1. The van der Waals surface area contributed by atoms with Crippen molar-refractivity contribution in [1.82, 2.24) is 15.2 Å². The van der Waals surface area contributed by atoms with Crippen molar-refractivity contribution in [3.8, 4) is 0 Å². The number of rotatable bonds is 3. The van der Waals surface area contributed by atoms with Gasteiger partial charge in [0.1, 0.15) is 0 Å². The molecule has 16 heavy (non-hydrogen) atoms. The fraction of sp³-hybridized carbons (Fsp3) is 0.583. The SMILES string of the molecule is CNC1CCN(Cc2ccccn2)CC1.Cl. The molecule has 0 atom stereocenters. The van der Waals surface area contributed by atoms with E-state index in [0.29, 0.717) is 6.04 Å². The molecule has 90 valence electrons. The Morgan fingerprint density at radius 1 is 1.38 bits per heavy atom. The van der Waals surface area contributed by atoms with Gasteiger partial charge in [0.05, 0.1) is 5.69 Å². The molecule has 0 radical (unpaired) electrons. The minimum atomic E-state index is 0. The Bertz CT molecular complexity index is 284. The van der Waals surface area contributed by atoms with Gasteiger partial charge in [-0.15, -0.1) is 12.4 Å². The van der Waals surface area contributed by atoms with Crippen LogP contribution in [-0.2, 0) is 6.54 Å². The molecule has 1 saturated heterocycles. The first kappa shape index (κ1) is 13.4. The van der Waals surface area contributed by atoms with E-state index >= 15 is 0 Å². The first-order valence-corrected chi connectivity index (χ1v) is 5.68. The molecular formula is C12H20ClN3. The highest BCUT2D eigenvalue weighted by atomic mass is 35.5. The van der Waals surface area contributed by atoms with E-state index in [1.54, 1.807) is 0 Å². The number of hydrogen-bond donors (Lipinski definition) is 1. The van der Waals surface area contributed by atoms with Crippen molar-refractivity contribution < 1.29 is 0 Å². The molecule has 4 heteroatoms. The van der Waals surface area contributed by atoms with E-state index in [4.69, 9.17) is 0 Å². The van der Waals surface area contributed by atoms with Gasteiger partial charge in [-0.3, -0.25) is 9.88 Å². The van der Waals surface area contributed by atoms with Crippen LogP contribution >= 0.6 is 12.4 Å². The summed E-state index contributed by atoms with van der Waals surface area (Å²) in [7, 11) is 2.05. The number of hydrogen-bond acceptors (Lipinski definition) is 3. The van der Waals surface area contributed by atoms with Crippen LogP contribution in [0.4, 0.5) is 0 Å². The Morgan fingerprint density at radius 3 is 2.69 bits per heavy atom. The lowest BCUT2D eigenvalue weighted by Crippen LogP contribution is -2.40. The largest absolute Gasteiger partial charge is 0.317 e. The summed E-state index contributed by atoms with van der Waals surface area (Å²) in [6, 6.07) is 6.84. The summed E-state index contributed by atoms with van der Waals surface area (Å²) in [6.07, 6.45) is 4.38. The average Bonchev–Trinajstić information content (AvgIpc) is 2.31. The van der Waals surface area contributed by atoms with Gasteiger partial charge in [-0.2, -0.15) is 0 Å². The Labute approximate surface area is 104 Å². The van der Waals surface area contributed by atoms with Gasteiger partial charge in [-0.1, -0.05) is 6.07 Å². The van der Waals surface area contributed by atoms with E-state index < -0.39 is 0 Å².